The van der Waals surface area contributed by atoms with Gasteiger partial charge >= 0.3 is 0 Å². The molecule has 0 fully saturated rings. The highest BCUT2D eigenvalue weighted by molar-refractivity contribution is 6.30. The molecule has 0 radical (unpaired) electrons. The van der Waals surface area contributed by atoms with Crippen molar-refractivity contribution in [3.63, 3.8) is 0 Å². The smallest absolute Gasteiger partial charge is 0.271 e. The number of amides is 1. The van der Waals surface area contributed by atoms with Gasteiger partial charge in [0.1, 0.15) is 5.75 Å². The summed E-state index contributed by atoms with van der Waals surface area (Å²) in [5.74, 6) is -0.243. The normalized spacial score (nSPS) is 11.0. The second kappa shape index (κ2) is 6.50. The molecule has 0 aliphatic carbocycles. The highest BCUT2D eigenvalue weighted by Crippen LogP contribution is 2.27. The minimum Gasteiger partial charge on any atom is -0.507 e. The minimum absolute atomic E-state index is 0.129. The van der Waals surface area contributed by atoms with Gasteiger partial charge in [0.25, 0.3) is 5.91 Å². The summed E-state index contributed by atoms with van der Waals surface area (Å²) in [6, 6.07) is 17.7. The average Bonchev–Trinajstić information content (AvgIpc) is 2.57. The van der Waals surface area contributed by atoms with E-state index in [-0.39, 0.29) is 11.7 Å². The van der Waals surface area contributed by atoms with Gasteiger partial charge in [0, 0.05) is 21.5 Å². The highest BCUT2D eigenvalue weighted by Gasteiger charge is 2.06. The zero-order valence-electron chi connectivity index (χ0n) is 12.0. The molecule has 2 N–H and O–H groups in total. The summed E-state index contributed by atoms with van der Waals surface area (Å²) in [7, 11) is 0. The summed E-state index contributed by atoms with van der Waals surface area (Å²) in [6.45, 7) is 0. The fourth-order valence-corrected chi connectivity index (χ4v) is 2.42. The molecule has 0 saturated carbocycles. The van der Waals surface area contributed by atoms with E-state index in [1.165, 1.54) is 6.21 Å². The summed E-state index contributed by atoms with van der Waals surface area (Å²) in [4.78, 5) is 11.9. The lowest BCUT2D eigenvalue weighted by Gasteiger charge is -2.04. The van der Waals surface area contributed by atoms with Crippen molar-refractivity contribution in [3.05, 3.63) is 76.8 Å². The number of hydrogen-bond acceptors (Lipinski definition) is 3. The van der Waals surface area contributed by atoms with Crippen LogP contribution in [0.1, 0.15) is 15.9 Å². The number of halogens is 1. The molecule has 23 heavy (non-hydrogen) atoms. The molecule has 5 heteroatoms. The molecule has 0 aliphatic rings. The Balaban J connectivity index is 1.78. The minimum atomic E-state index is -0.371. The van der Waals surface area contributed by atoms with E-state index in [0.29, 0.717) is 16.1 Å². The van der Waals surface area contributed by atoms with Crippen LogP contribution in [0.15, 0.2) is 65.8 Å². The van der Waals surface area contributed by atoms with Gasteiger partial charge in [0.15, 0.2) is 0 Å². The predicted octanol–water partition coefficient (Wildman–Crippen LogP) is 3.96. The van der Waals surface area contributed by atoms with Crippen LogP contribution in [0.5, 0.6) is 5.75 Å². The molecule has 4 nitrogen and oxygen atoms in total. The lowest BCUT2D eigenvalue weighted by Crippen LogP contribution is -2.17. The van der Waals surface area contributed by atoms with E-state index in [0.717, 1.165) is 10.8 Å². The second-order valence-electron chi connectivity index (χ2n) is 4.93. The third-order valence-corrected chi connectivity index (χ3v) is 3.62. The van der Waals surface area contributed by atoms with Gasteiger partial charge in [-0.3, -0.25) is 4.79 Å². The van der Waals surface area contributed by atoms with E-state index in [2.05, 4.69) is 10.5 Å². The van der Waals surface area contributed by atoms with E-state index < -0.39 is 0 Å². The first-order valence-corrected chi connectivity index (χ1v) is 7.32. The number of rotatable bonds is 3. The number of benzene rings is 3. The first-order valence-electron chi connectivity index (χ1n) is 6.95. The maximum Gasteiger partial charge on any atom is 0.271 e. The number of hydrogen-bond donors (Lipinski definition) is 2. The van der Waals surface area contributed by atoms with Crippen LogP contribution in [0, 0.1) is 0 Å². The molecule has 114 valence electrons. The van der Waals surface area contributed by atoms with Gasteiger partial charge in [-0.15, -0.1) is 0 Å². The Morgan fingerprint density at radius 3 is 2.74 bits per heavy atom. The van der Waals surface area contributed by atoms with Crippen LogP contribution in [0.25, 0.3) is 10.8 Å². The fraction of sp³-hybridized carbons (Fsp3) is 0. The number of aromatic hydroxyl groups is 1. The Kier molecular flexibility index (Phi) is 4.26. The lowest BCUT2D eigenvalue weighted by molar-refractivity contribution is 0.0955. The Morgan fingerprint density at radius 2 is 1.91 bits per heavy atom. The number of phenolic OH excluding ortho intramolecular Hbond substituents is 1. The summed E-state index contributed by atoms with van der Waals surface area (Å²) >= 11 is 5.84. The molecule has 3 aromatic rings. The van der Waals surface area contributed by atoms with Gasteiger partial charge in [-0.25, -0.2) is 5.43 Å². The molecular formula is C18H13ClN2O2. The van der Waals surface area contributed by atoms with Crippen molar-refractivity contribution < 1.29 is 9.90 Å². The summed E-state index contributed by atoms with van der Waals surface area (Å²) in [5.41, 5.74) is 3.35. The van der Waals surface area contributed by atoms with Crippen LogP contribution in [-0.4, -0.2) is 17.2 Å². The van der Waals surface area contributed by atoms with Crippen LogP contribution < -0.4 is 5.43 Å². The first kappa shape index (κ1) is 15.1. The molecule has 0 aliphatic heterocycles. The van der Waals surface area contributed by atoms with Gasteiger partial charge in [-0.2, -0.15) is 5.10 Å². The van der Waals surface area contributed by atoms with Crippen molar-refractivity contribution in [1.82, 2.24) is 5.43 Å². The van der Waals surface area contributed by atoms with Gasteiger partial charge in [-0.05, 0) is 29.7 Å². The Morgan fingerprint density at radius 1 is 1.09 bits per heavy atom. The number of fused-ring (bicyclic) bond motifs is 1. The van der Waals surface area contributed by atoms with Crippen molar-refractivity contribution in [2.45, 2.75) is 0 Å². The molecule has 0 aromatic heterocycles. The number of carbonyl (C=O) groups excluding carboxylic acids is 1. The summed E-state index contributed by atoms with van der Waals surface area (Å²) in [6.07, 6.45) is 1.41. The van der Waals surface area contributed by atoms with Gasteiger partial charge < -0.3 is 5.11 Å². The first-order chi connectivity index (χ1) is 11.1. The quantitative estimate of drug-likeness (QED) is 0.566. The predicted molar refractivity (Wildman–Crippen MR) is 92.1 cm³/mol. The van der Waals surface area contributed by atoms with E-state index >= 15 is 0 Å². The third-order valence-electron chi connectivity index (χ3n) is 3.39. The Bertz CT molecular complexity index is 906. The van der Waals surface area contributed by atoms with Crippen molar-refractivity contribution in [2.24, 2.45) is 5.10 Å². The van der Waals surface area contributed by atoms with Gasteiger partial charge in [-0.1, -0.05) is 48.0 Å². The second-order valence-corrected chi connectivity index (χ2v) is 5.37. The monoisotopic (exact) mass is 324 g/mol. The molecule has 1 amide bonds. The van der Waals surface area contributed by atoms with Gasteiger partial charge in [0.05, 0.1) is 6.21 Å². The van der Waals surface area contributed by atoms with Crippen LogP contribution in [0.4, 0.5) is 0 Å². The number of hydrazone groups is 1. The molecule has 0 saturated heterocycles. The standard InChI is InChI=1S/C18H13ClN2O2/c19-15-6-3-5-13(10-15)18(23)21-20-11-14-9-8-12-4-1-2-7-16(12)17(14)22/h1-11,22H,(H,21,23)/b20-11-. The molecule has 3 aromatic carbocycles. The number of nitrogens with one attached hydrogen (secondary N) is 1. The maximum atomic E-state index is 11.9. The van der Waals surface area contributed by atoms with Gasteiger partial charge in [0.2, 0.25) is 0 Å². The van der Waals surface area contributed by atoms with E-state index in [1.54, 1.807) is 30.3 Å². The number of carbonyl (C=O) groups is 1. The van der Waals surface area contributed by atoms with Crippen molar-refractivity contribution in [2.75, 3.05) is 0 Å². The molecule has 0 unspecified atom stereocenters. The van der Waals surface area contributed by atoms with Crippen molar-refractivity contribution >= 4 is 34.5 Å². The number of nitrogens with zero attached hydrogens (tertiary/aromatic N) is 1. The van der Waals surface area contributed by atoms with Crippen LogP contribution in [0.2, 0.25) is 5.02 Å². The van der Waals surface area contributed by atoms with E-state index in [4.69, 9.17) is 11.6 Å². The van der Waals surface area contributed by atoms with Crippen LogP contribution in [-0.2, 0) is 0 Å². The molecular weight excluding hydrogens is 312 g/mol. The Hall–Kier alpha value is -2.85. The lowest BCUT2D eigenvalue weighted by atomic mass is 10.1. The van der Waals surface area contributed by atoms with Crippen LogP contribution >= 0.6 is 11.6 Å². The highest BCUT2D eigenvalue weighted by atomic mass is 35.5. The summed E-state index contributed by atoms with van der Waals surface area (Å²) in [5, 5.41) is 16.3. The fourth-order valence-electron chi connectivity index (χ4n) is 2.23. The number of phenols is 1. The molecule has 0 bridgehead atoms. The average molecular weight is 325 g/mol. The van der Waals surface area contributed by atoms with Crippen molar-refractivity contribution in [3.8, 4) is 5.75 Å². The third kappa shape index (κ3) is 3.33. The van der Waals surface area contributed by atoms with E-state index in [9.17, 15) is 9.90 Å². The summed E-state index contributed by atoms with van der Waals surface area (Å²) < 4.78 is 0. The molecule has 0 spiro atoms. The molecule has 0 atom stereocenters. The maximum absolute atomic E-state index is 11.9. The molecule has 3 rings (SSSR count). The van der Waals surface area contributed by atoms with Crippen LogP contribution in [0.3, 0.4) is 0 Å². The topological polar surface area (TPSA) is 61.7 Å². The Labute approximate surface area is 138 Å². The van der Waals surface area contributed by atoms with E-state index in [1.807, 2.05) is 30.3 Å². The largest absolute Gasteiger partial charge is 0.507 e. The SMILES string of the molecule is O=C(N/N=C\c1ccc2ccccc2c1O)c1cccc(Cl)c1. The zero-order chi connectivity index (χ0) is 16.2. The molecule has 0 heterocycles. The van der Waals surface area contributed by atoms with Crippen molar-refractivity contribution in [1.29, 1.82) is 0 Å². The zero-order valence-corrected chi connectivity index (χ0v) is 12.8.